The van der Waals surface area contributed by atoms with Gasteiger partial charge in [-0.3, -0.25) is 13.9 Å². The summed E-state index contributed by atoms with van der Waals surface area (Å²) in [6.07, 6.45) is 1.36. The van der Waals surface area contributed by atoms with Crippen LogP contribution in [0.2, 0.25) is 10.0 Å². The highest BCUT2D eigenvalue weighted by Gasteiger charge is 2.29. The van der Waals surface area contributed by atoms with Gasteiger partial charge < -0.3 is 4.74 Å². The Balaban J connectivity index is 1.80. The second-order valence-electron chi connectivity index (χ2n) is 6.85. The molecule has 8 nitrogen and oxygen atoms in total. The monoisotopic (exact) mass is 519 g/mol. The maximum absolute atomic E-state index is 13.3. The van der Waals surface area contributed by atoms with Crippen molar-refractivity contribution in [1.29, 1.82) is 0 Å². The summed E-state index contributed by atoms with van der Waals surface area (Å²) in [4.78, 5) is 23.6. The van der Waals surface area contributed by atoms with Gasteiger partial charge in [0.05, 0.1) is 26.8 Å². The fourth-order valence-electron chi connectivity index (χ4n) is 2.84. The number of halogens is 2. The third-order valence-electron chi connectivity index (χ3n) is 4.36. The highest BCUT2D eigenvalue weighted by molar-refractivity contribution is 7.92. The maximum atomic E-state index is 13.3. The Bertz CT molecular complexity index is 1310. The molecule has 11 heteroatoms. The van der Waals surface area contributed by atoms with Crippen LogP contribution in [0.1, 0.15) is 12.5 Å². The van der Waals surface area contributed by atoms with E-state index >= 15 is 0 Å². The molecule has 0 saturated carbocycles. The first kappa shape index (κ1) is 25.2. The summed E-state index contributed by atoms with van der Waals surface area (Å²) in [5.41, 5.74) is 2.97. The Morgan fingerprint density at radius 2 is 1.68 bits per heavy atom. The third kappa shape index (κ3) is 6.34. The van der Waals surface area contributed by atoms with Crippen LogP contribution in [-0.2, 0) is 19.6 Å². The van der Waals surface area contributed by atoms with Crippen molar-refractivity contribution in [3.8, 4) is 5.75 Å². The minimum atomic E-state index is -4.14. The van der Waals surface area contributed by atoms with Crippen molar-refractivity contribution in [2.75, 3.05) is 10.8 Å². The van der Waals surface area contributed by atoms with Crippen LogP contribution in [-0.4, -0.2) is 33.1 Å². The first-order chi connectivity index (χ1) is 16.2. The fourth-order valence-corrected chi connectivity index (χ4v) is 4.74. The molecule has 3 aromatic carbocycles. The highest BCUT2D eigenvalue weighted by atomic mass is 35.5. The number of nitrogens with one attached hydrogen (secondary N) is 1. The number of hydrogen-bond acceptors (Lipinski definition) is 6. The van der Waals surface area contributed by atoms with E-state index in [4.69, 9.17) is 27.9 Å². The van der Waals surface area contributed by atoms with Gasteiger partial charge in [0, 0.05) is 6.92 Å². The number of benzene rings is 3. The first-order valence-corrected chi connectivity index (χ1v) is 12.0. The lowest BCUT2D eigenvalue weighted by atomic mass is 10.2. The second kappa shape index (κ2) is 11.1. The van der Waals surface area contributed by atoms with Gasteiger partial charge >= 0.3 is 5.97 Å². The lowest BCUT2D eigenvalue weighted by Crippen LogP contribution is -2.39. The van der Waals surface area contributed by atoms with Gasteiger partial charge in [0.15, 0.2) is 0 Å². The van der Waals surface area contributed by atoms with E-state index in [0.29, 0.717) is 11.3 Å². The minimum absolute atomic E-state index is 0.00663. The summed E-state index contributed by atoms with van der Waals surface area (Å²) in [5, 5.41) is 4.00. The van der Waals surface area contributed by atoms with Crippen molar-refractivity contribution >= 4 is 57.0 Å². The summed E-state index contributed by atoms with van der Waals surface area (Å²) in [6.45, 7) is 0.697. The van der Waals surface area contributed by atoms with Crippen LogP contribution in [0.5, 0.6) is 5.75 Å². The molecule has 0 aromatic heterocycles. The smallest absolute Gasteiger partial charge is 0.308 e. The average Bonchev–Trinajstić information content (AvgIpc) is 2.81. The predicted molar refractivity (Wildman–Crippen MR) is 131 cm³/mol. The van der Waals surface area contributed by atoms with Crippen molar-refractivity contribution in [1.82, 2.24) is 5.43 Å². The summed E-state index contributed by atoms with van der Waals surface area (Å²) in [6, 6.07) is 18.5. The molecule has 0 radical (unpaired) electrons. The van der Waals surface area contributed by atoms with Gasteiger partial charge in [-0.2, -0.15) is 5.10 Å². The Labute approximate surface area is 206 Å². The van der Waals surface area contributed by atoms with Crippen LogP contribution in [0.3, 0.4) is 0 Å². The molecule has 0 unspecified atom stereocenters. The van der Waals surface area contributed by atoms with E-state index in [9.17, 15) is 18.0 Å². The number of anilines is 1. The average molecular weight is 520 g/mol. The van der Waals surface area contributed by atoms with E-state index < -0.39 is 28.4 Å². The van der Waals surface area contributed by atoms with Gasteiger partial charge in [0.2, 0.25) is 0 Å². The summed E-state index contributed by atoms with van der Waals surface area (Å²) in [5.74, 6) is -0.777. The van der Waals surface area contributed by atoms with Crippen LogP contribution in [0, 0.1) is 0 Å². The van der Waals surface area contributed by atoms with Gasteiger partial charge in [0.1, 0.15) is 12.3 Å². The minimum Gasteiger partial charge on any atom is -0.427 e. The number of hydrogen-bond donors (Lipinski definition) is 1. The van der Waals surface area contributed by atoms with Gasteiger partial charge in [-0.05, 0) is 54.1 Å². The molecule has 3 rings (SSSR count). The quantitative estimate of drug-likeness (QED) is 0.207. The van der Waals surface area contributed by atoms with Crippen LogP contribution in [0.4, 0.5) is 5.69 Å². The predicted octanol–water partition coefficient (Wildman–Crippen LogP) is 4.26. The molecule has 0 saturated heterocycles. The molecule has 0 atom stereocenters. The molecule has 0 aliphatic heterocycles. The molecule has 3 aromatic rings. The van der Waals surface area contributed by atoms with E-state index in [-0.39, 0.29) is 20.6 Å². The number of ether oxygens (including phenoxy) is 1. The highest BCUT2D eigenvalue weighted by Crippen LogP contribution is 2.35. The molecule has 0 aliphatic carbocycles. The number of nitrogens with zero attached hydrogens (tertiary/aromatic N) is 2. The van der Waals surface area contributed by atoms with Crippen molar-refractivity contribution in [3.05, 3.63) is 88.4 Å². The number of amides is 1. The Morgan fingerprint density at radius 3 is 2.32 bits per heavy atom. The zero-order chi connectivity index (χ0) is 24.7. The van der Waals surface area contributed by atoms with Crippen molar-refractivity contribution in [2.24, 2.45) is 5.10 Å². The number of carbonyl (C=O) groups is 2. The maximum Gasteiger partial charge on any atom is 0.308 e. The first-order valence-electron chi connectivity index (χ1n) is 9.80. The molecule has 0 aliphatic rings. The lowest BCUT2D eigenvalue weighted by Gasteiger charge is -2.24. The summed E-state index contributed by atoms with van der Waals surface area (Å²) < 4.78 is 32.4. The van der Waals surface area contributed by atoms with Gasteiger partial charge in [-0.15, -0.1) is 0 Å². The summed E-state index contributed by atoms with van der Waals surface area (Å²) in [7, 11) is -4.14. The van der Waals surface area contributed by atoms with E-state index in [1.807, 2.05) is 0 Å². The molecule has 1 N–H and O–H groups in total. The number of carbonyl (C=O) groups excluding carboxylic acids is 2. The van der Waals surface area contributed by atoms with Crippen molar-refractivity contribution < 1.29 is 22.7 Å². The fraction of sp³-hybridized carbons (Fsp3) is 0.0870. The van der Waals surface area contributed by atoms with Gasteiger partial charge in [-0.1, -0.05) is 47.5 Å². The van der Waals surface area contributed by atoms with Crippen LogP contribution >= 0.6 is 23.2 Å². The Morgan fingerprint density at radius 1 is 1.00 bits per heavy atom. The normalized spacial score (nSPS) is 11.3. The Kier molecular flexibility index (Phi) is 8.27. The number of esters is 1. The van der Waals surface area contributed by atoms with Crippen LogP contribution in [0.25, 0.3) is 0 Å². The second-order valence-corrected chi connectivity index (χ2v) is 9.50. The molecule has 0 bridgehead atoms. The van der Waals surface area contributed by atoms with E-state index in [1.54, 1.807) is 42.5 Å². The SMILES string of the molecule is CC(=O)Oc1ccc(/C=N/NC(=O)CN(c2cccc(Cl)c2Cl)S(=O)(=O)c2ccccc2)cc1. The molecular weight excluding hydrogens is 501 g/mol. The van der Waals surface area contributed by atoms with Crippen molar-refractivity contribution in [2.45, 2.75) is 11.8 Å². The molecule has 34 heavy (non-hydrogen) atoms. The summed E-state index contributed by atoms with van der Waals surface area (Å²) >= 11 is 12.3. The zero-order valence-electron chi connectivity index (χ0n) is 17.8. The largest absolute Gasteiger partial charge is 0.427 e. The Hall–Kier alpha value is -3.40. The number of sulfonamides is 1. The molecular formula is C23H19Cl2N3O5S. The molecule has 176 valence electrons. The molecule has 1 amide bonds. The van der Waals surface area contributed by atoms with E-state index in [2.05, 4.69) is 10.5 Å². The standard InChI is InChI=1S/C23H19Cl2N3O5S/c1-16(29)33-18-12-10-17(11-13-18)14-26-27-22(30)15-28(21-9-5-8-20(24)23(21)25)34(31,32)19-6-3-2-4-7-19/h2-14H,15H2,1H3,(H,27,30)/b26-14+. The molecule has 0 spiro atoms. The molecule has 0 fully saturated rings. The van der Waals surface area contributed by atoms with E-state index in [0.717, 1.165) is 4.31 Å². The third-order valence-corrected chi connectivity index (χ3v) is 6.95. The number of hydrazone groups is 1. The van der Waals surface area contributed by atoms with Gasteiger partial charge in [-0.25, -0.2) is 13.8 Å². The lowest BCUT2D eigenvalue weighted by molar-refractivity contribution is -0.131. The van der Waals surface area contributed by atoms with Crippen LogP contribution in [0.15, 0.2) is 82.8 Å². The zero-order valence-corrected chi connectivity index (χ0v) is 20.1. The van der Waals surface area contributed by atoms with Crippen molar-refractivity contribution in [3.63, 3.8) is 0 Å². The van der Waals surface area contributed by atoms with E-state index in [1.165, 1.54) is 43.5 Å². The number of rotatable bonds is 8. The van der Waals surface area contributed by atoms with Crippen LogP contribution < -0.4 is 14.5 Å². The molecule has 0 heterocycles. The topological polar surface area (TPSA) is 105 Å². The van der Waals surface area contributed by atoms with Gasteiger partial charge in [0.25, 0.3) is 15.9 Å².